The zero-order chi connectivity index (χ0) is 13.3. The molecular weight excluding hydrogens is 296 g/mol. The van der Waals surface area contributed by atoms with Crippen LogP contribution in [0.4, 0.5) is 5.69 Å². The minimum Gasteiger partial charge on any atom is -0.258 e. The highest BCUT2D eigenvalue weighted by Crippen LogP contribution is 2.33. The van der Waals surface area contributed by atoms with Crippen molar-refractivity contribution in [2.75, 3.05) is 0 Å². The van der Waals surface area contributed by atoms with E-state index in [1.165, 1.54) is 0 Å². The summed E-state index contributed by atoms with van der Waals surface area (Å²) in [6.45, 7) is 4.13. The quantitative estimate of drug-likeness (QED) is 0.488. The van der Waals surface area contributed by atoms with E-state index >= 15 is 0 Å². The summed E-state index contributed by atoms with van der Waals surface area (Å²) in [7, 11) is 0. The molecule has 5 heteroatoms. The Hall–Kier alpha value is -1.49. The van der Waals surface area contributed by atoms with E-state index < -0.39 is 0 Å². The number of non-ortho nitro benzene ring substituents is 1. The number of hydrogen-bond donors (Lipinski definition) is 0. The molecule has 2 unspecified atom stereocenters. The van der Waals surface area contributed by atoms with Crippen molar-refractivity contribution in [2.24, 2.45) is 0 Å². The average molecular weight is 309 g/mol. The fourth-order valence-corrected chi connectivity index (χ4v) is 2.24. The van der Waals surface area contributed by atoms with Gasteiger partial charge in [-0.3, -0.25) is 15.1 Å². The van der Waals surface area contributed by atoms with Crippen molar-refractivity contribution in [1.82, 2.24) is 4.98 Å². The van der Waals surface area contributed by atoms with E-state index in [-0.39, 0.29) is 21.4 Å². The molecule has 2 atom stereocenters. The molecule has 0 saturated carbocycles. The number of benzene rings is 1. The lowest BCUT2D eigenvalue weighted by molar-refractivity contribution is -0.383. The summed E-state index contributed by atoms with van der Waals surface area (Å²) in [4.78, 5) is 15.2. The molecule has 0 amide bonds. The molecule has 1 heterocycles. The van der Waals surface area contributed by atoms with E-state index in [9.17, 15) is 10.1 Å². The zero-order valence-electron chi connectivity index (χ0n) is 10.1. The maximum Gasteiger partial charge on any atom is 0.278 e. The molecule has 2 aromatic rings. The lowest BCUT2D eigenvalue weighted by Gasteiger charge is -2.16. The van der Waals surface area contributed by atoms with Gasteiger partial charge in [-0.15, -0.1) is 0 Å². The number of aromatic nitrogens is 1. The normalized spacial score (nSPS) is 14.4. The SMILES string of the molecule is CC(Br)C(C)c1ccc([N+](=O)[O-])c2cccnc12. The Kier molecular flexibility index (Phi) is 3.61. The number of hydrogen-bond acceptors (Lipinski definition) is 3. The molecule has 0 aliphatic rings. The van der Waals surface area contributed by atoms with Gasteiger partial charge in [0, 0.05) is 17.1 Å². The molecule has 1 aromatic carbocycles. The third-order valence-corrected chi connectivity index (χ3v) is 3.95. The van der Waals surface area contributed by atoms with E-state index in [4.69, 9.17) is 0 Å². The first-order valence-corrected chi connectivity index (χ1v) is 6.60. The summed E-state index contributed by atoms with van der Waals surface area (Å²) in [5, 5.41) is 11.6. The molecule has 0 fully saturated rings. The van der Waals surface area contributed by atoms with Crippen LogP contribution in [0.25, 0.3) is 10.9 Å². The first kappa shape index (κ1) is 13.0. The molecule has 94 valence electrons. The molecule has 4 nitrogen and oxygen atoms in total. The van der Waals surface area contributed by atoms with E-state index in [1.54, 1.807) is 30.5 Å². The summed E-state index contributed by atoms with van der Waals surface area (Å²) in [5.41, 5.74) is 1.85. The summed E-state index contributed by atoms with van der Waals surface area (Å²) in [5.74, 6) is 0.239. The van der Waals surface area contributed by atoms with Gasteiger partial charge in [0.15, 0.2) is 0 Å². The molecule has 0 radical (unpaired) electrons. The van der Waals surface area contributed by atoms with E-state index in [1.807, 2.05) is 0 Å². The molecule has 2 rings (SSSR count). The van der Waals surface area contributed by atoms with E-state index in [0.717, 1.165) is 5.56 Å². The Balaban J connectivity index is 2.72. The van der Waals surface area contributed by atoms with Crippen molar-refractivity contribution < 1.29 is 4.92 Å². The first-order valence-electron chi connectivity index (χ1n) is 5.68. The fraction of sp³-hybridized carbons (Fsp3) is 0.308. The van der Waals surface area contributed by atoms with Gasteiger partial charge in [0.1, 0.15) is 0 Å². The van der Waals surface area contributed by atoms with Gasteiger partial charge in [-0.1, -0.05) is 29.8 Å². The molecule has 0 spiro atoms. The fourth-order valence-electron chi connectivity index (χ4n) is 1.95. The molecule has 0 aliphatic heterocycles. The molecule has 18 heavy (non-hydrogen) atoms. The topological polar surface area (TPSA) is 56.0 Å². The largest absolute Gasteiger partial charge is 0.278 e. The minimum atomic E-state index is -0.365. The van der Waals surface area contributed by atoms with Crippen molar-refractivity contribution in [3.8, 4) is 0 Å². The maximum absolute atomic E-state index is 11.0. The second-order valence-electron chi connectivity index (χ2n) is 4.30. The third-order valence-electron chi connectivity index (χ3n) is 3.15. The van der Waals surface area contributed by atoms with Crippen LogP contribution in [0.1, 0.15) is 25.3 Å². The highest BCUT2D eigenvalue weighted by Gasteiger charge is 2.20. The second kappa shape index (κ2) is 5.02. The van der Waals surface area contributed by atoms with Crippen LogP contribution in [-0.2, 0) is 0 Å². The Morgan fingerprint density at radius 1 is 1.33 bits per heavy atom. The summed E-state index contributed by atoms with van der Waals surface area (Å²) in [6, 6.07) is 6.83. The summed E-state index contributed by atoms with van der Waals surface area (Å²) >= 11 is 3.55. The average Bonchev–Trinajstić information content (AvgIpc) is 2.36. The smallest absolute Gasteiger partial charge is 0.258 e. The standard InChI is InChI=1S/C13H13BrN2O2/c1-8(9(2)14)10-5-6-12(16(17)18)11-4-3-7-15-13(10)11/h3-9H,1-2H3. The highest BCUT2D eigenvalue weighted by atomic mass is 79.9. The third kappa shape index (κ3) is 2.22. The van der Waals surface area contributed by atoms with Gasteiger partial charge in [-0.05, 0) is 29.7 Å². The van der Waals surface area contributed by atoms with Crippen LogP contribution < -0.4 is 0 Å². The van der Waals surface area contributed by atoms with Crippen molar-refractivity contribution in [3.63, 3.8) is 0 Å². The molecule has 0 aliphatic carbocycles. The van der Waals surface area contributed by atoms with Gasteiger partial charge in [0.05, 0.1) is 15.8 Å². The minimum absolute atomic E-state index is 0.108. The Morgan fingerprint density at radius 2 is 2.06 bits per heavy atom. The number of alkyl halides is 1. The van der Waals surface area contributed by atoms with Gasteiger partial charge in [-0.2, -0.15) is 0 Å². The van der Waals surface area contributed by atoms with Crippen LogP contribution in [0, 0.1) is 10.1 Å². The van der Waals surface area contributed by atoms with Crippen LogP contribution in [0.2, 0.25) is 0 Å². The Morgan fingerprint density at radius 3 is 2.67 bits per heavy atom. The Labute approximate surface area is 113 Å². The lowest BCUT2D eigenvalue weighted by Crippen LogP contribution is -2.06. The molecule has 0 bridgehead atoms. The van der Waals surface area contributed by atoms with Crippen LogP contribution in [0.3, 0.4) is 0 Å². The second-order valence-corrected chi connectivity index (χ2v) is 5.74. The molecule has 1 aromatic heterocycles. The van der Waals surface area contributed by atoms with Crippen LogP contribution in [0.5, 0.6) is 0 Å². The molecule has 0 N–H and O–H groups in total. The van der Waals surface area contributed by atoms with Gasteiger partial charge in [0.25, 0.3) is 5.69 Å². The number of fused-ring (bicyclic) bond motifs is 1. The van der Waals surface area contributed by atoms with Crippen LogP contribution in [0.15, 0.2) is 30.5 Å². The van der Waals surface area contributed by atoms with Gasteiger partial charge in [0.2, 0.25) is 0 Å². The number of rotatable bonds is 3. The molecular formula is C13H13BrN2O2. The number of nitrogens with zero attached hydrogens (tertiary/aromatic N) is 2. The predicted octanol–water partition coefficient (Wildman–Crippen LogP) is 4.03. The van der Waals surface area contributed by atoms with E-state index in [0.29, 0.717) is 10.9 Å². The van der Waals surface area contributed by atoms with Gasteiger partial charge >= 0.3 is 0 Å². The number of pyridine rings is 1. The number of nitro groups is 1. The maximum atomic E-state index is 11.0. The van der Waals surface area contributed by atoms with Crippen molar-refractivity contribution in [1.29, 1.82) is 0 Å². The number of nitro benzene ring substituents is 1. The predicted molar refractivity (Wildman–Crippen MR) is 75.2 cm³/mol. The summed E-state index contributed by atoms with van der Waals surface area (Å²) < 4.78 is 0. The van der Waals surface area contributed by atoms with Gasteiger partial charge in [-0.25, -0.2) is 0 Å². The summed E-state index contributed by atoms with van der Waals surface area (Å²) in [6.07, 6.45) is 1.67. The van der Waals surface area contributed by atoms with Crippen molar-refractivity contribution in [3.05, 3.63) is 46.1 Å². The molecule has 0 saturated heterocycles. The first-order chi connectivity index (χ1) is 8.52. The van der Waals surface area contributed by atoms with Crippen LogP contribution in [-0.4, -0.2) is 14.7 Å². The van der Waals surface area contributed by atoms with Crippen molar-refractivity contribution >= 4 is 32.5 Å². The van der Waals surface area contributed by atoms with Gasteiger partial charge < -0.3 is 0 Å². The van der Waals surface area contributed by atoms with Crippen molar-refractivity contribution in [2.45, 2.75) is 24.6 Å². The number of halogens is 1. The Bertz CT molecular complexity index is 599. The monoisotopic (exact) mass is 308 g/mol. The lowest BCUT2D eigenvalue weighted by atomic mass is 9.95. The van der Waals surface area contributed by atoms with Crippen LogP contribution >= 0.6 is 15.9 Å². The zero-order valence-corrected chi connectivity index (χ0v) is 11.7. The highest BCUT2D eigenvalue weighted by molar-refractivity contribution is 9.09. The van der Waals surface area contributed by atoms with E-state index in [2.05, 4.69) is 34.8 Å².